The van der Waals surface area contributed by atoms with E-state index in [-0.39, 0.29) is 11.9 Å². The second kappa shape index (κ2) is 8.42. The molecule has 1 aromatic carbocycles. The third kappa shape index (κ3) is 5.95. The molecule has 0 saturated heterocycles. The Labute approximate surface area is 125 Å². The van der Waals surface area contributed by atoms with E-state index in [1.165, 1.54) is 0 Å². The van der Waals surface area contributed by atoms with Crippen LogP contribution in [0.1, 0.15) is 44.0 Å². The van der Waals surface area contributed by atoms with Crippen molar-refractivity contribution in [1.29, 1.82) is 0 Å². The molecule has 0 bridgehead atoms. The van der Waals surface area contributed by atoms with Crippen molar-refractivity contribution in [2.75, 3.05) is 11.9 Å². The second-order valence-corrected chi connectivity index (χ2v) is 5.44. The molecule has 0 aliphatic heterocycles. The Balaban J connectivity index is 2.58. The highest BCUT2D eigenvalue weighted by Crippen LogP contribution is 2.12. The fraction of sp³-hybridized carbons (Fsp3) is 0.500. The number of carbonyl (C=O) groups excluding carboxylic acids is 2. The average Bonchev–Trinajstić information content (AvgIpc) is 2.44. The third-order valence-corrected chi connectivity index (χ3v) is 2.89. The van der Waals surface area contributed by atoms with Gasteiger partial charge in [-0.1, -0.05) is 20.8 Å². The molecule has 1 amide bonds. The Bertz CT molecular complexity index is 469. The normalized spacial score (nSPS) is 12.0. The summed E-state index contributed by atoms with van der Waals surface area (Å²) in [6.07, 6.45) is 1.42. The summed E-state index contributed by atoms with van der Waals surface area (Å²) < 4.78 is 5.03. The lowest BCUT2D eigenvalue weighted by Gasteiger charge is -2.14. The maximum atomic E-state index is 11.9. The van der Waals surface area contributed by atoms with E-state index >= 15 is 0 Å². The van der Waals surface area contributed by atoms with Gasteiger partial charge in [-0.15, -0.1) is 0 Å². The predicted molar refractivity (Wildman–Crippen MR) is 83.1 cm³/mol. The lowest BCUT2D eigenvalue weighted by molar-refractivity contribution is -0.117. The molecule has 0 aromatic heterocycles. The number of hydrogen-bond donors (Lipinski definition) is 2. The van der Waals surface area contributed by atoms with Crippen LogP contribution in [0.5, 0.6) is 0 Å². The first-order valence-corrected chi connectivity index (χ1v) is 7.27. The van der Waals surface area contributed by atoms with Gasteiger partial charge in [0.25, 0.3) is 0 Å². The van der Waals surface area contributed by atoms with Crippen molar-refractivity contribution in [1.82, 2.24) is 0 Å². The van der Waals surface area contributed by atoms with Crippen LogP contribution >= 0.6 is 0 Å². The van der Waals surface area contributed by atoms with Gasteiger partial charge in [-0.05, 0) is 43.0 Å². The van der Waals surface area contributed by atoms with Gasteiger partial charge >= 0.3 is 5.97 Å². The van der Waals surface area contributed by atoms with Crippen molar-refractivity contribution in [3.63, 3.8) is 0 Å². The molecule has 1 rings (SSSR count). The minimum absolute atomic E-state index is 0.218. The minimum atomic E-state index is -0.529. The average molecular weight is 292 g/mol. The van der Waals surface area contributed by atoms with E-state index in [0.29, 0.717) is 30.2 Å². The number of anilines is 1. The molecule has 0 unspecified atom stereocenters. The van der Waals surface area contributed by atoms with Gasteiger partial charge in [0.1, 0.15) is 0 Å². The summed E-state index contributed by atoms with van der Waals surface area (Å²) >= 11 is 0. The standard InChI is InChI=1S/C16H24N2O3/c1-4-9-21-16(20)12-5-7-13(8-6-12)18-15(19)14(17)10-11(2)3/h5-8,11,14H,4,9-10,17H2,1-3H3,(H,18,19)/t14-/m1/s1. The molecule has 0 fully saturated rings. The summed E-state index contributed by atoms with van der Waals surface area (Å²) in [5.74, 6) is -0.210. The number of nitrogens with one attached hydrogen (secondary N) is 1. The molecule has 0 aliphatic rings. The maximum absolute atomic E-state index is 11.9. The van der Waals surface area contributed by atoms with Gasteiger partial charge in [0.15, 0.2) is 0 Å². The summed E-state index contributed by atoms with van der Waals surface area (Å²) in [5, 5.41) is 2.74. The number of amides is 1. The van der Waals surface area contributed by atoms with Gasteiger partial charge in [0.2, 0.25) is 5.91 Å². The molecule has 0 spiro atoms. The molecule has 5 heteroatoms. The Morgan fingerprint density at radius 2 is 1.86 bits per heavy atom. The van der Waals surface area contributed by atoms with Crippen LogP contribution < -0.4 is 11.1 Å². The number of rotatable bonds is 7. The van der Waals surface area contributed by atoms with Crippen molar-refractivity contribution in [3.05, 3.63) is 29.8 Å². The molecular formula is C16H24N2O3. The first-order valence-electron chi connectivity index (χ1n) is 7.27. The van der Waals surface area contributed by atoms with Crippen molar-refractivity contribution >= 4 is 17.6 Å². The number of esters is 1. The predicted octanol–water partition coefficient (Wildman–Crippen LogP) is 2.57. The molecule has 0 aliphatic carbocycles. The Kier molecular flexibility index (Phi) is 6.88. The Morgan fingerprint density at radius 1 is 1.24 bits per heavy atom. The smallest absolute Gasteiger partial charge is 0.338 e. The SMILES string of the molecule is CCCOC(=O)c1ccc(NC(=O)[C@H](N)CC(C)C)cc1. The lowest BCUT2D eigenvalue weighted by atomic mass is 10.0. The van der Waals surface area contributed by atoms with Crippen LogP contribution in [0.15, 0.2) is 24.3 Å². The zero-order valence-corrected chi connectivity index (χ0v) is 12.9. The Hall–Kier alpha value is -1.88. The van der Waals surface area contributed by atoms with Crippen molar-refractivity contribution in [3.8, 4) is 0 Å². The van der Waals surface area contributed by atoms with Crippen molar-refractivity contribution < 1.29 is 14.3 Å². The van der Waals surface area contributed by atoms with E-state index in [1.54, 1.807) is 24.3 Å². The molecule has 1 atom stereocenters. The Morgan fingerprint density at radius 3 is 2.38 bits per heavy atom. The monoisotopic (exact) mass is 292 g/mol. The van der Waals surface area contributed by atoms with Gasteiger partial charge in [-0.3, -0.25) is 4.79 Å². The summed E-state index contributed by atoms with van der Waals surface area (Å²) in [6, 6.07) is 6.06. The first-order chi connectivity index (χ1) is 9.93. The summed E-state index contributed by atoms with van der Waals surface area (Å²) in [5.41, 5.74) is 6.90. The molecule has 0 saturated carbocycles. The summed E-state index contributed by atoms with van der Waals surface area (Å²) in [7, 11) is 0. The van der Waals surface area contributed by atoms with Gasteiger partial charge in [-0.25, -0.2) is 4.79 Å². The minimum Gasteiger partial charge on any atom is -0.462 e. The number of hydrogen-bond acceptors (Lipinski definition) is 4. The van der Waals surface area contributed by atoms with Gasteiger partial charge in [0.05, 0.1) is 18.2 Å². The molecule has 0 heterocycles. The molecular weight excluding hydrogens is 268 g/mol. The number of ether oxygens (including phenoxy) is 1. The van der Waals surface area contributed by atoms with Crippen molar-refractivity contribution in [2.45, 2.75) is 39.7 Å². The fourth-order valence-corrected chi connectivity index (χ4v) is 1.82. The van der Waals surface area contributed by atoms with Crippen LogP contribution in [0.2, 0.25) is 0 Å². The number of benzene rings is 1. The van der Waals surface area contributed by atoms with Crippen LogP contribution in [-0.4, -0.2) is 24.5 Å². The molecule has 1 aromatic rings. The van der Waals surface area contributed by atoms with Crippen LogP contribution in [-0.2, 0) is 9.53 Å². The quantitative estimate of drug-likeness (QED) is 0.757. The molecule has 5 nitrogen and oxygen atoms in total. The van der Waals surface area contributed by atoms with Crippen LogP contribution in [0.25, 0.3) is 0 Å². The van der Waals surface area contributed by atoms with Crippen LogP contribution in [0.3, 0.4) is 0 Å². The summed E-state index contributed by atoms with van der Waals surface area (Å²) in [6.45, 7) is 6.38. The van der Waals surface area contributed by atoms with E-state index in [9.17, 15) is 9.59 Å². The third-order valence-electron chi connectivity index (χ3n) is 2.89. The van der Waals surface area contributed by atoms with E-state index < -0.39 is 6.04 Å². The number of nitrogens with two attached hydrogens (primary N) is 1. The van der Waals surface area contributed by atoms with Gasteiger partial charge < -0.3 is 15.8 Å². The molecule has 0 radical (unpaired) electrons. The number of carbonyl (C=O) groups is 2. The zero-order valence-electron chi connectivity index (χ0n) is 12.9. The van der Waals surface area contributed by atoms with Crippen LogP contribution in [0.4, 0.5) is 5.69 Å². The maximum Gasteiger partial charge on any atom is 0.338 e. The highest BCUT2D eigenvalue weighted by atomic mass is 16.5. The van der Waals surface area contributed by atoms with Crippen LogP contribution in [0, 0.1) is 5.92 Å². The van der Waals surface area contributed by atoms with E-state index in [4.69, 9.17) is 10.5 Å². The van der Waals surface area contributed by atoms with E-state index in [2.05, 4.69) is 5.32 Å². The lowest BCUT2D eigenvalue weighted by Crippen LogP contribution is -2.36. The second-order valence-electron chi connectivity index (χ2n) is 5.44. The summed E-state index contributed by atoms with van der Waals surface area (Å²) in [4.78, 5) is 23.5. The molecule has 21 heavy (non-hydrogen) atoms. The highest BCUT2D eigenvalue weighted by Gasteiger charge is 2.15. The molecule has 3 N–H and O–H groups in total. The molecule has 116 valence electrons. The first kappa shape index (κ1) is 17.2. The zero-order chi connectivity index (χ0) is 15.8. The van der Waals surface area contributed by atoms with E-state index in [0.717, 1.165) is 6.42 Å². The highest BCUT2D eigenvalue weighted by molar-refractivity contribution is 5.95. The van der Waals surface area contributed by atoms with Crippen molar-refractivity contribution in [2.24, 2.45) is 11.7 Å². The fourth-order valence-electron chi connectivity index (χ4n) is 1.82. The topological polar surface area (TPSA) is 81.4 Å². The van der Waals surface area contributed by atoms with E-state index in [1.807, 2.05) is 20.8 Å². The van der Waals surface area contributed by atoms with Gasteiger partial charge in [0, 0.05) is 5.69 Å². The largest absolute Gasteiger partial charge is 0.462 e. The van der Waals surface area contributed by atoms with Gasteiger partial charge in [-0.2, -0.15) is 0 Å².